The van der Waals surface area contributed by atoms with E-state index in [9.17, 15) is 10.1 Å². The van der Waals surface area contributed by atoms with Crippen LogP contribution in [0.4, 0.5) is 5.69 Å². The van der Waals surface area contributed by atoms with Crippen molar-refractivity contribution in [2.24, 2.45) is 0 Å². The zero-order chi connectivity index (χ0) is 22.1. The van der Waals surface area contributed by atoms with Gasteiger partial charge in [0.15, 0.2) is 0 Å². The molecule has 0 amide bonds. The van der Waals surface area contributed by atoms with Crippen LogP contribution in [0.25, 0.3) is 33.3 Å². The molecule has 1 aliphatic rings. The summed E-state index contributed by atoms with van der Waals surface area (Å²) in [6.07, 6.45) is 3.73. The summed E-state index contributed by atoms with van der Waals surface area (Å²) in [6, 6.07) is 17.5. The van der Waals surface area contributed by atoms with Gasteiger partial charge in [0.1, 0.15) is 5.65 Å². The molecule has 1 aliphatic heterocycles. The van der Waals surface area contributed by atoms with E-state index in [-0.39, 0.29) is 10.6 Å². The lowest BCUT2D eigenvalue weighted by Gasteiger charge is -2.32. The molecule has 1 fully saturated rings. The van der Waals surface area contributed by atoms with Crippen molar-refractivity contribution < 1.29 is 4.92 Å². The first-order valence-corrected chi connectivity index (χ1v) is 10.8. The van der Waals surface area contributed by atoms with Gasteiger partial charge in [-0.25, -0.2) is 4.98 Å². The van der Waals surface area contributed by atoms with Gasteiger partial charge in [-0.15, -0.1) is 0 Å². The summed E-state index contributed by atoms with van der Waals surface area (Å²) < 4.78 is 0. The van der Waals surface area contributed by atoms with Crippen LogP contribution in [0.1, 0.15) is 5.56 Å². The van der Waals surface area contributed by atoms with Gasteiger partial charge < -0.3 is 9.88 Å². The Balaban J connectivity index is 1.41. The smallest absolute Gasteiger partial charge is 0.270 e. The molecule has 0 spiro atoms. The topological polar surface area (TPSA) is 78.3 Å². The Kier molecular flexibility index (Phi) is 5.43. The minimum atomic E-state index is -0.369. The van der Waals surface area contributed by atoms with Crippen LogP contribution in [-0.2, 0) is 6.54 Å². The molecular formula is C25H25N5O2. The largest absolute Gasteiger partial charge is 0.346 e. The zero-order valence-corrected chi connectivity index (χ0v) is 18.0. The van der Waals surface area contributed by atoms with Crippen LogP contribution in [0.5, 0.6) is 0 Å². The van der Waals surface area contributed by atoms with Crippen molar-refractivity contribution in [1.29, 1.82) is 0 Å². The lowest BCUT2D eigenvalue weighted by Crippen LogP contribution is -2.43. The van der Waals surface area contributed by atoms with Gasteiger partial charge in [0, 0.05) is 73.8 Å². The molecule has 7 heteroatoms. The van der Waals surface area contributed by atoms with E-state index in [1.54, 1.807) is 12.1 Å². The Labute approximate surface area is 186 Å². The van der Waals surface area contributed by atoms with Crippen molar-refractivity contribution >= 4 is 16.7 Å². The molecule has 1 N–H and O–H groups in total. The van der Waals surface area contributed by atoms with E-state index < -0.39 is 0 Å². The molecule has 0 radical (unpaired) electrons. The first kappa shape index (κ1) is 20.4. The molecule has 4 aromatic rings. The number of aromatic nitrogens is 2. The molecule has 2 aromatic carbocycles. The highest BCUT2D eigenvalue weighted by Crippen LogP contribution is 2.32. The van der Waals surface area contributed by atoms with Crippen LogP contribution in [0, 0.1) is 10.1 Å². The molecule has 32 heavy (non-hydrogen) atoms. The van der Waals surface area contributed by atoms with Gasteiger partial charge in [0.2, 0.25) is 0 Å². The Morgan fingerprint density at radius 3 is 2.53 bits per heavy atom. The van der Waals surface area contributed by atoms with Crippen LogP contribution in [0.2, 0.25) is 0 Å². The van der Waals surface area contributed by atoms with Crippen LogP contribution in [0.3, 0.4) is 0 Å². The van der Waals surface area contributed by atoms with Crippen molar-refractivity contribution in [2.75, 3.05) is 33.2 Å². The molecule has 0 bridgehead atoms. The third kappa shape index (κ3) is 4.12. The van der Waals surface area contributed by atoms with E-state index in [1.807, 2.05) is 18.5 Å². The third-order valence-electron chi connectivity index (χ3n) is 6.19. The summed E-state index contributed by atoms with van der Waals surface area (Å²) in [5.41, 5.74) is 5.99. The summed E-state index contributed by atoms with van der Waals surface area (Å²) in [5.74, 6) is 0. The second kappa shape index (κ2) is 8.53. The number of rotatable bonds is 5. The van der Waals surface area contributed by atoms with Crippen LogP contribution < -0.4 is 0 Å². The Morgan fingerprint density at radius 2 is 1.78 bits per heavy atom. The Hall–Kier alpha value is -3.55. The van der Waals surface area contributed by atoms with Crippen molar-refractivity contribution in [3.63, 3.8) is 0 Å². The molecule has 0 aliphatic carbocycles. The van der Waals surface area contributed by atoms with E-state index in [1.165, 1.54) is 11.6 Å². The SMILES string of the molecule is CN1CCN(Cc2ccc(-c3cnc4[nH]cc(-c5cccc([N+](=O)[O-])c5)c4c3)cc2)CC1. The van der Waals surface area contributed by atoms with Gasteiger partial charge in [-0.2, -0.15) is 0 Å². The van der Waals surface area contributed by atoms with Crippen molar-refractivity contribution in [3.8, 4) is 22.3 Å². The van der Waals surface area contributed by atoms with Crippen LogP contribution >= 0.6 is 0 Å². The first-order valence-electron chi connectivity index (χ1n) is 10.8. The van der Waals surface area contributed by atoms with E-state index in [0.717, 1.165) is 66.0 Å². The molecule has 2 aromatic heterocycles. The van der Waals surface area contributed by atoms with Crippen molar-refractivity contribution in [1.82, 2.24) is 19.8 Å². The van der Waals surface area contributed by atoms with Crippen LogP contribution in [-0.4, -0.2) is 57.9 Å². The van der Waals surface area contributed by atoms with Crippen molar-refractivity contribution in [2.45, 2.75) is 6.54 Å². The Morgan fingerprint density at radius 1 is 1.00 bits per heavy atom. The van der Waals surface area contributed by atoms with Gasteiger partial charge in [0.05, 0.1) is 4.92 Å². The molecule has 0 saturated carbocycles. The Bertz CT molecular complexity index is 1260. The van der Waals surface area contributed by atoms with Crippen LogP contribution in [0.15, 0.2) is 67.0 Å². The van der Waals surface area contributed by atoms with Crippen molar-refractivity contribution in [3.05, 3.63) is 82.7 Å². The normalized spacial score (nSPS) is 15.3. The number of H-pyrrole nitrogens is 1. The summed E-state index contributed by atoms with van der Waals surface area (Å²) in [6.45, 7) is 5.42. The quantitative estimate of drug-likeness (QED) is 0.373. The highest BCUT2D eigenvalue weighted by Gasteiger charge is 2.15. The van der Waals surface area contributed by atoms with Gasteiger partial charge in [-0.3, -0.25) is 15.0 Å². The lowest BCUT2D eigenvalue weighted by atomic mass is 10.0. The van der Waals surface area contributed by atoms with Gasteiger partial charge in [0.25, 0.3) is 5.69 Å². The number of nitrogens with one attached hydrogen (secondary N) is 1. The van der Waals surface area contributed by atoms with Gasteiger partial charge in [-0.1, -0.05) is 36.4 Å². The lowest BCUT2D eigenvalue weighted by molar-refractivity contribution is -0.384. The number of fused-ring (bicyclic) bond motifs is 1. The maximum atomic E-state index is 11.2. The summed E-state index contributed by atoms with van der Waals surface area (Å²) in [4.78, 5) is 23.4. The standard InChI is InChI=1S/C25H25N5O2/c1-28-9-11-29(12-10-28)17-18-5-7-19(8-6-18)21-14-23-24(16-27-25(23)26-15-21)20-3-2-4-22(13-20)30(31)32/h2-8,13-16H,9-12,17H2,1H3,(H,26,27). The zero-order valence-electron chi connectivity index (χ0n) is 18.0. The third-order valence-corrected chi connectivity index (χ3v) is 6.19. The molecule has 7 nitrogen and oxygen atoms in total. The monoisotopic (exact) mass is 427 g/mol. The van der Waals surface area contributed by atoms with E-state index in [2.05, 4.69) is 57.1 Å². The molecule has 0 unspecified atom stereocenters. The number of pyridine rings is 1. The average molecular weight is 428 g/mol. The summed E-state index contributed by atoms with van der Waals surface area (Å²) in [5, 5.41) is 12.1. The molecule has 3 heterocycles. The van der Waals surface area contributed by atoms with E-state index in [4.69, 9.17) is 0 Å². The predicted molar refractivity (Wildman–Crippen MR) is 126 cm³/mol. The number of hydrogen-bond donors (Lipinski definition) is 1. The number of hydrogen-bond acceptors (Lipinski definition) is 5. The van der Waals surface area contributed by atoms with E-state index >= 15 is 0 Å². The number of nitrogens with zero attached hydrogens (tertiary/aromatic N) is 4. The number of benzene rings is 2. The molecular weight excluding hydrogens is 402 g/mol. The molecule has 1 saturated heterocycles. The number of nitro benzene ring substituents is 1. The maximum Gasteiger partial charge on any atom is 0.270 e. The fourth-order valence-corrected chi connectivity index (χ4v) is 4.25. The summed E-state index contributed by atoms with van der Waals surface area (Å²) >= 11 is 0. The highest BCUT2D eigenvalue weighted by atomic mass is 16.6. The molecule has 5 rings (SSSR count). The second-order valence-corrected chi connectivity index (χ2v) is 8.41. The molecule has 162 valence electrons. The average Bonchev–Trinajstić information content (AvgIpc) is 3.24. The fraction of sp³-hybridized carbons (Fsp3) is 0.240. The predicted octanol–water partition coefficient (Wildman–Crippen LogP) is 4.55. The second-order valence-electron chi connectivity index (χ2n) is 8.41. The number of nitro groups is 1. The first-order chi connectivity index (χ1) is 15.6. The fourth-order valence-electron chi connectivity index (χ4n) is 4.25. The molecule has 0 atom stereocenters. The summed E-state index contributed by atoms with van der Waals surface area (Å²) in [7, 11) is 2.17. The van der Waals surface area contributed by atoms with Gasteiger partial charge >= 0.3 is 0 Å². The van der Waals surface area contributed by atoms with Gasteiger partial charge in [-0.05, 0) is 29.8 Å². The minimum absolute atomic E-state index is 0.0805. The number of non-ortho nitro benzene ring substituents is 1. The maximum absolute atomic E-state index is 11.2. The number of likely N-dealkylation sites (N-methyl/N-ethyl adjacent to an activating group) is 1. The number of piperazine rings is 1. The minimum Gasteiger partial charge on any atom is -0.346 e. The highest BCUT2D eigenvalue weighted by molar-refractivity contribution is 5.96. The van der Waals surface area contributed by atoms with E-state index in [0.29, 0.717) is 0 Å². The number of aromatic amines is 1.